The van der Waals surface area contributed by atoms with E-state index in [-0.39, 0.29) is 12.0 Å². The van der Waals surface area contributed by atoms with E-state index in [0.29, 0.717) is 42.0 Å². The second-order valence-corrected chi connectivity index (χ2v) is 5.20. The Morgan fingerprint density at radius 2 is 2.16 bits per heavy atom. The van der Waals surface area contributed by atoms with Gasteiger partial charge in [-0.1, -0.05) is 23.2 Å². The van der Waals surface area contributed by atoms with Crippen LogP contribution in [0.2, 0.25) is 10.0 Å². The lowest BCUT2D eigenvalue weighted by Crippen LogP contribution is -2.40. The molecule has 1 aromatic carbocycles. The molecule has 1 aliphatic heterocycles. The number of benzene rings is 1. The zero-order valence-corrected chi connectivity index (χ0v) is 12.1. The first-order chi connectivity index (χ1) is 9.08. The molecule has 0 N–H and O–H groups in total. The Morgan fingerprint density at radius 3 is 2.79 bits per heavy atom. The molecule has 0 aliphatic carbocycles. The molecular weight excluding hydrogens is 289 g/mol. The predicted octanol–water partition coefficient (Wildman–Crippen LogP) is 2.48. The first-order valence-electron chi connectivity index (χ1n) is 5.98. The second-order valence-electron chi connectivity index (χ2n) is 4.38. The van der Waals surface area contributed by atoms with Gasteiger partial charge in [0.2, 0.25) is 0 Å². The summed E-state index contributed by atoms with van der Waals surface area (Å²) in [5.41, 5.74) is 0.508. The summed E-state index contributed by atoms with van der Waals surface area (Å²) in [5.74, 6) is -0.118. The standard InChI is InChI=1S/C13H15Cl2NO3/c1-16(7-10-8-18-4-5-19-10)13(17)9-2-3-11(14)12(15)6-9/h2-3,6,10H,4-5,7-8H2,1H3/t10-/m0/s1. The number of hydrogen-bond donors (Lipinski definition) is 0. The van der Waals surface area contributed by atoms with E-state index in [0.717, 1.165) is 0 Å². The van der Waals surface area contributed by atoms with Crippen molar-refractivity contribution in [3.8, 4) is 0 Å². The molecule has 104 valence electrons. The number of rotatable bonds is 3. The lowest BCUT2D eigenvalue weighted by molar-refractivity contribution is -0.0933. The maximum Gasteiger partial charge on any atom is 0.253 e. The van der Waals surface area contributed by atoms with Gasteiger partial charge in [0.1, 0.15) is 0 Å². The highest BCUT2D eigenvalue weighted by Crippen LogP contribution is 2.23. The number of ether oxygens (including phenoxy) is 2. The van der Waals surface area contributed by atoms with Crippen LogP contribution in [0.25, 0.3) is 0 Å². The van der Waals surface area contributed by atoms with Gasteiger partial charge in [-0.25, -0.2) is 0 Å². The Labute approximate surface area is 122 Å². The monoisotopic (exact) mass is 303 g/mol. The van der Waals surface area contributed by atoms with Crippen LogP contribution in [0.5, 0.6) is 0 Å². The van der Waals surface area contributed by atoms with Crippen LogP contribution in [-0.2, 0) is 9.47 Å². The van der Waals surface area contributed by atoms with Crippen LogP contribution in [0.3, 0.4) is 0 Å². The molecule has 1 atom stereocenters. The molecule has 1 aromatic rings. The highest BCUT2D eigenvalue weighted by Gasteiger charge is 2.20. The van der Waals surface area contributed by atoms with Crippen LogP contribution in [0, 0.1) is 0 Å². The van der Waals surface area contributed by atoms with Gasteiger partial charge in [-0.3, -0.25) is 4.79 Å². The van der Waals surface area contributed by atoms with Gasteiger partial charge in [0.25, 0.3) is 5.91 Å². The fourth-order valence-electron chi connectivity index (χ4n) is 1.88. The summed E-state index contributed by atoms with van der Waals surface area (Å²) in [6, 6.07) is 4.84. The average molecular weight is 304 g/mol. The van der Waals surface area contributed by atoms with Gasteiger partial charge in [0.15, 0.2) is 0 Å². The summed E-state index contributed by atoms with van der Waals surface area (Å²) in [6.07, 6.45) is -0.0783. The number of likely N-dealkylation sites (N-methyl/N-ethyl adjacent to an activating group) is 1. The third-order valence-electron chi connectivity index (χ3n) is 2.88. The Bertz CT molecular complexity index is 461. The van der Waals surface area contributed by atoms with E-state index in [4.69, 9.17) is 32.7 Å². The molecule has 2 rings (SSSR count). The van der Waals surface area contributed by atoms with Crippen LogP contribution >= 0.6 is 23.2 Å². The SMILES string of the molecule is CN(C[C@H]1COCCO1)C(=O)c1ccc(Cl)c(Cl)c1. The Hall–Kier alpha value is -0.810. The van der Waals surface area contributed by atoms with E-state index in [2.05, 4.69) is 0 Å². The van der Waals surface area contributed by atoms with Gasteiger partial charge in [-0.2, -0.15) is 0 Å². The quantitative estimate of drug-likeness (QED) is 0.861. The predicted molar refractivity (Wildman–Crippen MR) is 74.0 cm³/mol. The molecule has 0 spiro atoms. The van der Waals surface area contributed by atoms with Crippen molar-refractivity contribution in [2.24, 2.45) is 0 Å². The minimum atomic E-state index is -0.118. The van der Waals surface area contributed by atoms with Crippen molar-refractivity contribution in [1.82, 2.24) is 4.90 Å². The minimum absolute atomic E-state index is 0.0783. The fraction of sp³-hybridized carbons (Fsp3) is 0.462. The second kappa shape index (κ2) is 6.57. The maximum atomic E-state index is 12.2. The molecule has 0 unspecified atom stereocenters. The van der Waals surface area contributed by atoms with Crippen molar-refractivity contribution in [3.63, 3.8) is 0 Å². The molecule has 19 heavy (non-hydrogen) atoms. The molecule has 1 fully saturated rings. The summed E-state index contributed by atoms with van der Waals surface area (Å²) in [5, 5.41) is 0.808. The van der Waals surface area contributed by atoms with E-state index in [1.165, 1.54) is 0 Å². The number of carbonyl (C=O) groups excluding carboxylic acids is 1. The first-order valence-corrected chi connectivity index (χ1v) is 6.73. The molecule has 0 aromatic heterocycles. The lowest BCUT2D eigenvalue weighted by atomic mass is 10.2. The van der Waals surface area contributed by atoms with Crippen molar-refractivity contribution < 1.29 is 14.3 Å². The highest BCUT2D eigenvalue weighted by atomic mass is 35.5. The van der Waals surface area contributed by atoms with E-state index >= 15 is 0 Å². The lowest BCUT2D eigenvalue weighted by Gasteiger charge is -2.27. The number of nitrogens with zero attached hydrogens (tertiary/aromatic N) is 1. The van der Waals surface area contributed by atoms with E-state index in [9.17, 15) is 4.79 Å². The van der Waals surface area contributed by atoms with Gasteiger partial charge in [-0.05, 0) is 18.2 Å². The molecule has 1 amide bonds. The van der Waals surface area contributed by atoms with E-state index < -0.39 is 0 Å². The molecule has 1 aliphatic rings. The van der Waals surface area contributed by atoms with Crippen LogP contribution < -0.4 is 0 Å². The zero-order valence-electron chi connectivity index (χ0n) is 10.6. The first kappa shape index (κ1) is 14.6. The summed E-state index contributed by atoms with van der Waals surface area (Å²) < 4.78 is 10.8. The molecule has 1 heterocycles. The van der Waals surface area contributed by atoms with Gasteiger partial charge in [-0.15, -0.1) is 0 Å². The highest BCUT2D eigenvalue weighted by molar-refractivity contribution is 6.42. The number of carbonyl (C=O) groups is 1. The minimum Gasteiger partial charge on any atom is -0.376 e. The van der Waals surface area contributed by atoms with E-state index in [1.807, 2.05) is 0 Å². The van der Waals surface area contributed by atoms with Gasteiger partial charge in [0.05, 0.1) is 36.0 Å². The normalized spacial score (nSPS) is 19.2. The van der Waals surface area contributed by atoms with Crippen molar-refractivity contribution in [2.45, 2.75) is 6.10 Å². The summed E-state index contributed by atoms with van der Waals surface area (Å²) in [4.78, 5) is 13.8. The van der Waals surface area contributed by atoms with Gasteiger partial charge in [0, 0.05) is 19.2 Å². The third kappa shape index (κ3) is 3.83. The molecular formula is C13H15Cl2NO3. The maximum absolute atomic E-state index is 12.2. The summed E-state index contributed by atoms with van der Waals surface area (Å²) in [6.45, 7) is 2.18. The van der Waals surface area contributed by atoms with Gasteiger partial charge < -0.3 is 14.4 Å². The average Bonchev–Trinajstić information content (AvgIpc) is 2.42. The van der Waals surface area contributed by atoms with Crippen LogP contribution in [0.15, 0.2) is 18.2 Å². The molecule has 6 heteroatoms. The Balaban J connectivity index is 1.99. The largest absolute Gasteiger partial charge is 0.376 e. The third-order valence-corrected chi connectivity index (χ3v) is 3.61. The number of hydrogen-bond acceptors (Lipinski definition) is 3. The van der Waals surface area contributed by atoms with Crippen LogP contribution in [-0.4, -0.2) is 50.3 Å². The topological polar surface area (TPSA) is 38.8 Å². The molecule has 0 radical (unpaired) electrons. The van der Waals surface area contributed by atoms with Crippen LogP contribution in [0.4, 0.5) is 0 Å². The molecule has 1 saturated heterocycles. The fourth-order valence-corrected chi connectivity index (χ4v) is 2.18. The zero-order chi connectivity index (χ0) is 13.8. The van der Waals surface area contributed by atoms with Crippen molar-refractivity contribution in [1.29, 1.82) is 0 Å². The summed E-state index contributed by atoms with van der Waals surface area (Å²) in [7, 11) is 1.73. The number of amides is 1. The van der Waals surface area contributed by atoms with Crippen molar-refractivity contribution >= 4 is 29.1 Å². The van der Waals surface area contributed by atoms with Crippen LogP contribution in [0.1, 0.15) is 10.4 Å². The Kier molecular flexibility index (Phi) is 5.05. The molecule has 4 nitrogen and oxygen atoms in total. The number of halogens is 2. The van der Waals surface area contributed by atoms with E-state index in [1.54, 1.807) is 30.1 Å². The van der Waals surface area contributed by atoms with Crippen molar-refractivity contribution in [2.75, 3.05) is 33.4 Å². The van der Waals surface area contributed by atoms with Crippen molar-refractivity contribution in [3.05, 3.63) is 33.8 Å². The Morgan fingerprint density at radius 1 is 1.37 bits per heavy atom. The van der Waals surface area contributed by atoms with Gasteiger partial charge >= 0.3 is 0 Å². The molecule has 0 bridgehead atoms. The smallest absolute Gasteiger partial charge is 0.253 e. The summed E-state index contributed by atoms with van der Waals surface area (Å²) >= 11 is 11.7. The molecule has 0 saturated carbocycles.